The normalized spacial score (nSPS) is 14.3. The third-order valence-corrected chi connectivity index (χ3v) is 3.50. The Hall–Kier alpha value is -1.55. The third kappa shape index (κ3) is 3.96. The number of rotatable bonds is 6. The van der Waals surface area contributed by atoms with Crippen molar-refractivity contribution in [2.75, 3.05) is 25.5 Å². The molecule has 19 heavy (non-hydrogen) atoms. The van der Waals surface area contributed by atoms with E-state index in [1.165, 1.54) is 24.0 Å². The molecule has 0 saturated heterocycles. The SMILES string of the molecule is CNC(=O)CN(C)c1ccc(CNC2CC2)cc1C. The number of amides is 1. The molecule has 1 amide bonds. The van der Waals surface area contributed by atoms with Gasteiger partial charge < -0.3 is 15.5 Å². The highest BCUT2D eigenvalue weighted by molar-refractivity contribution is 5.81. The Bertz CT molecular complexity index is 455. The monoisotopic (exact) mass is 261 g/mol. The minimum absolute atomic E-state index is 0.0291. The topological polar surface area (TPSA) is 44.4 Å². The fraction of sp³-hybridized carbons (Fsp3) is 0.533. The largest absolute Gasteiger partial charge is 0.365 e. The number of hydrogen-bond acceptors (Lipinski definition) is 3. The molecule has 2 rings (SSSR count). The number of hydrogen-bond donors (Lipinski definition) is 2. The first-order valence-corrected chi connectivity index (χ1v) is 6.85. The number of aryl methyl sites for hydroxylation is 1. The maximum atomic E-state index is 11.4. The van der Waals surface area contributed by atoms with Crippen LogP contribution in [0.1, 0.15) is 24.0 Å². The Morgan fingerprint density at radius 1 is 1.42 bits per heavy atom. The van der Waals surface area contributed by atoms with Crippen LogP contribution in [0.5, 0.6) is 0 Å². The molecule has 4 nitrogen and oxygen atoms in total. The lowest BCUT2D eigenvalue weighted by molar-refractivity contribution is -0.119. The van der Waals surface area contributed by atoms with Gasteiger partial charge in [0.2, 0.25) is 5.91 Å². The van der Waals surface area contributed by atoms with Gasteiger partial charge in [-0.2, -0.15) is 0 Å². The summed E-state index contributed by atoms with van der Waals surface area (Å²) < 4.78 is 0. The summed E-state index contributed by atoms with van der Waals surface area (Å²) in [5, 5.41) is 6.16. The van der Waals surface area contributed by atoms with Gasteiger partial charge in [0.05, 0.1) is 6.54 Å². The van der Waals surface area contributed by atoms with Crippen molar-refractivity contribution in [3.63, 3.8) is 0 Å². The lowest BCUT2D eigenvalue weighted by Crippen LogP contribution is -2.33. The number of nitrogens with zero attached hydrogens (tertiary/aromatic N) is 1. The number of benzene rings is 1. The zero-order chi connectivity index (χ0) is 13.8. The van der Waals surface area contributed by atoms with Crippen LogP contribution in [0.3, 0.4) is 0 Å². The zero-order valence-electron chi connectivity index (χ0n) is 12.0. The van der Waals surface area contributed by atoms with Crippen molar-refractivity contribution in [1.29, 1.82) is 0 Å². The summed E-state index contributed by atoms with van der Waals surface area (Å²) in [5.41, 5.74) is 3.63. The van der Waals surface area contributed by atoms with Gasteiger partial charge >= 0.3 is 0 Å². The van der Waals surface area contributed by atoms with Gasteiger partial charge in [-0.25, -0.2) is 0 Å². The van der Waals surface area contributed by atoms with E-state index in [4.69, 9.17) is 0 Å². The van der Waals surface area contributed by atoms with Gasteiger partial charge in [-0.1, -0.05) is 12.1 Å². The van der Waals surface area contributed by atoms with Gasteiger partial charge in [0, 0.05) is 32.4 Å². The van der Waals surface area contributed by atoms with E-state index in [1.54, 1.807) is 7.05 Å². The average Bonchev–Trinajstić information content (AvgIpc) is 3.20. The molecular formula is C15H23N3O. The summed E-state index contributed by atoms with van der Waals surface area (Å²) in [6.45, 7) is 3.41. The summed E-state index contributed by atoms with van der Waals surface area (Å²) in [6, 6.07) is 7.17. The Kier molecular flexibility index (Phi) is 4.43. The molecule has 1 aromatic rings. The lowest BCUT2D eigenvalue weighted by atomic mass is 10.1. The molecule has 104 valence electrons. The molecule has 1 saturated carbocycles. The molecule has 0 aromatic heterocycles. The molecule has 0 radical (unpaired) electrons. The van der Waals surface area contributed by atoms with Gasteiger partial charge in [0.25, 0.3) is 0 Å². The maximum Gasteiger partial charge on any atom is 0.239 e. The van der Waals surface area contributed by atoms with Gasteiger partial charge in [-0.15, -0.1) is 0 Å². The molecular weight excluding hydrogens is 238 g/mol. The van der Waals surface area contributed by atoms with Crippen LogP contribution >= 0.6 is 0 Å². The molecule has 0 atom stereocenters. The van der Waals surface area contributed by atoms with Crippen LogP contribution in [0.4, 0.5) is 5.69 Å². The first kappa shape index (κ1) is 13.9. The molecule has 1 aliphatic carbocycles. The van der Waals surface area contributed by atoms with Crippen LogP contribution in [-0.4, -0.2) is 32.6 Å². The molecule has 0 unspecified atom stereocenters. The number of carbonyl (C=O) groups excluding carboxylic acids is 1. The van der Waals surface area contributed by atoms with E-state index in [9.17, 15) is 4.79 Å². The fourth-order valence-corrected chi connectivity index (χ4v) is 2.19. The van der Waals surface area contributed by atoms with Crippen LogP contribution in [0.2, 0.25) is 0 Å². The highest BCUT2D eigenvalue weighted by Gasteiger charge is 2.20. The second kappa shape index (κ2) is 6.06. The van der Waals surface area contributed by atoms with Gasteiger partial charge in [-0.3, -0.25) is 4.79 Å². The van der Waals surface area contributed by atoms with Crippen LogP contribution in [-0.2, 0) is 11.3 Å². The molecule has 4 heteroatoms. The quantitative estimate of drug-likeness (QED) is 0.814. The fourth-order valence-electron chi connectivity index (χ4n) is 2.19. The molecule has 0 bridgehead atoms. The minimum atomic E-state index is 0.0291. The van der Waals surface area contributed by atoms with E-state index in [1.807, 2.05) is 11.9 Å². The van der Waals surface area contributed by atoms with Crippen molar-refractivity contribution in [3.8, 4) is 0 Å². The molecule has 1 aliphatic rings. The van der Waals surface area contributed by atoms with Gasteiger partial charge in [0.15, 0.2) is 0 Å². The van der Waals surface area contributed by atoms with E-state index in [0.717, 1.165) is 18.3 Å². The minimum Gasteiger partial charge on any atom is -0.365 e. The smallest absolute Gasteiger partial charge is 0.239 e. The number of carbonyl (C=O) groups is 1. The predicted molar refractivity (Wildman–Crippen MR) is 78.4 cm³/mol. The van der Waals surface area contributed by atoms with Crippen LogP contribution in [0.25, 0.3) is 0 Å². The third-order valence-electron chi connectivity index (χ3n) is 3.50. The van der Waals surface area contributed by atoms with E-state index < -0.39 is 0 Å². The highest BCUT2D eigenvalue weighted by atomic mass is 16.1. The van der Waals surface area contributed by atoms with Crippen molar-refractivity contribution in [2.24, 2.45) is 0 Å². The lowest BCUT2D eigenvalue weighted by Gasteiger charge is -2.21. The van der Waals surface area contributed by atoms with Crippen LogP contribution in [0, 0.1) is 6.92 Å². The van der Waals surface area contributed by atoms with Crippen molar-refractivity contribution in [2.45, 2.75) is 32.4 Å². The maximum absolute atomic E-state index is 11.4. The number of nitrogens with one attached hydrogen (secondary N) is 2. The predicted octanol–water partition coefficient (Wildman–Crippen LogP) is 1.43. The second-order valence-electron chi connectivity index (χ2n) is 5.31. The van der Waals surface area contributed by atoms with Crippen molar-refractivity contribution in [3.05, 3.63) is 29.3 Å². The van der Waals surface area contributed by atoms with Crippen molar-refractivity contribution < 1.29 is 4.79 Å². The summed E-state index contributed by atoms with van der Waals surface area (Å²) in [4.78, 5) is 13.4. The van der Waals surface area contributed by atoms with E-state index >= 15 is 0 Å². The number of likely N-dealkylation sites (N-methyl/N-ethyl adjacent to an activating group) is 2. The Morgan fingerprint density at radius 2 is 2.16 bits per heavy atom. The van der Waals surface area contributed by atoms with Crippen LogP contribution in [0.15, 0.2) is 18.2 Å². The second-order valence-corrected chi connectivity index (χ2v) is 5.31. The molecule has 1 fully saturated rings. The molecule has 0 aliphatic heterocycles. The summed E-state index contributed by atoms with van der Waals surface area (Å²) >= 11 is 0. The van der Waals surface area contributed by atoms with Crippen molar-refractivity contribution >= 4 is 11.6 Å². The van der Waals surface area contributed by atoms with E-state index in [2.05, 4.69) is 35.8 Å². The van der Waals surface area contributed by atoms with E-state index in [-0.39, 0.29) is 5.91 Å². The average molecular weight is 261 g/mol. The number of anilines is 1. The van der Waals surface area contributed by atoms with E-state index in [0.29, 0.717) is 6.54 Å². The first-order chi connectivity index (χ1) is 9.10. The zero-order valence-corrected chi connectivity index (χ0v) is 12.0. The molecule has 0 heterocycles. The highest BCUT2D eigenvalue weighted by Crippen LogP contribution is 2.22. The Labute approximate surface area is 115 Å². The first-order valence-electron chi connectivity index (χ1n) is 6.85. The summed E-state index contributed by atoms with van der Waals surface area (Å²) in [5.74, 6) is 0.0291. The molecule has 1 aromatic carbocycles. The summed E-state index contributed by atoms with van der Waals surface area (Å²) in [6.07, 6.45) is 2.62. The van der Waals surface area contributed by atoms with Gasteiger partial charge in [0.1, 0.15) is 0 Å². The van der Waals surface area contributed by atoms with Crippen molar-refractivity contribution in [1.82, 2.24) is 10.6 Å². The molecule has 2 N–H and O–H groups in total. The summed E-state index contributed by atoms with van der Waals surface area (Å²) in [7, 11) is 3.61. The standard InChI is InChI=1S/C15H23N3O/c1-11-8-12(9-17-13-5-6-13)4-7-14(11)18(3)10-15(19)16-2/h4,7-8,13,17H,5-6,9-10H2,1-3H3,(H,16,19). The Balaban J connectivity index is 1.98. The molecule has 0 spiro atoms. The Morgan fingerprint density at radius 3 is 2.74 bits per heavy atom. The van der Waals surface area contributed by atoms with Crippen LogP contribution < -0.4 is 15.5 Å². The van der Waals surface area contributed by atoms with Gasteiger partial charge in [-0.05, 0) is 37.0 Å².